The first-order valence-electron chi connectivity index (χ1n) is 3.71. The van der Waals surface area contributed by atoms with E-state index < -0.39 is 6.43 Å². The molecule has 0 fully saturated rings. The van der Waals surface area contributed by atoms with Gasteiger partial charge in [-0.3, -0.25) is 0 Å². The van der Waals surface area contributed by atoms with Gasteiger partial charge in [0.05, 0.1) is 12.8 Å². The van der Waals surface area contributed by atoms with E-state index >= 15 is 0 Å². The van der Waals surface area contributed by atoms with Crippen LogP contribution in [0.2, 0.25) is 0 Å². The topological polar surface area (TPSA) is 42.4 Å². The minimum Gasteiger partial charge on any atom is -0.503 e. The Morgan fingerprint density at radius 1 is 1.64 bits per heavy atom. The fraction of sp³-hybridized carbons (Fsp3) is 0.375. The van der Waals surface area contributed by atoms with E-state index in [1.165, 1.54) is 7.11 Å². The molecule has 0 aliphatic carbocycles. The molecule has 1 N–H and O–H groups in total. The Morgan fingerprint density at radius 2 is 2.29 bits per heavy atom. The highest BCUT2D eigenvalue weighted by Crippen LogP contribution is 2.32. The summed E-state index contributed by atoms with van der Waals surface area (Å²) in [5.41, 5.74) is -0.130. The lowest BCUT2D eigenvalue weighted by molar-refractivity contribution is 0.149. The fourth-order valence-electron chi connectivity index (χ4n) is 0.983. The largest absolute Gasteiger partial charge is 0.503 e. The number of halogens is 3. The van der Waals surface area contributed by atoms with Crippen molar-refractivity contribution in [3.05, 3.63) is 17.3 Å². The molecule has 14 heavy (non-hydrogen) atoms. The van der Waals surface area contributed by atoms with Gasteiger partial charge >= 0.3 is 0 Å². The number of ether oxygens (including phenoxy) is 1. The quantitative estimate of drug-likeness (QED) is 0.857. The summed E-state index contributed by atoms with van der Waals surface area (Å²) >= 11 is 3.03. The van der Waals surface area contributed by atoms with E-state index in [-0.39, 0.29) is 28.2 Å². The van der Waals surface area contributed by atoms with Crippen molar-refractivity contribution in [2.45, 2.75) is 11.8 Å². The van der Waals surface area contributed by atoms with Crippen LogP contribution in [0.1, 0.15) is 17.7 Å². The van der Waals surface area contributed by atoms with Crippen molar-refractivity contribution in [3.63, 3.8) is 0 Å². The second kappa shape index (κ2) is 4.54. The number of pyridine rings is 1. The maximum absolute atomic E-state index is 12.4. The molecule has 1 heterocycles. The van der Waals surface area contributed by atoms with Crippen LogP contribution in [0.25, 0.3) is 0 Å². The molecule has 0 saturated carbocycles. The van der Waals surface area contributed by atoms with Crippen LogP contribution < -0.4 is 4.74 Å². The second-order valence-corrected chi connectivity index (χ2v) is 3.05. The Kier molecular flexibility index (Phi) is 3.62. The monoisotopic (exact) mass is 267 g/mol. The molecule has 0 aliphatic rings. The van der Waals surface area contributed by atoms with Crippen LogP contribution >= 0.6 is 15.9 Å². The summed E-state index contributed by atoms with van der Waals surface area (Å²) in [5.74, 6) is -0.434. The maximum atomic E-state index is 12.4. The number of hydrogen-bond acceptors (Lipinski definition) is 3. The number of hydrogen-bond donors (Lipinski definition) is 1. The van der Waals surface area contributed by atoms with Crippen molar-refractivity contribution in [2.24, 2.45) is 0 Å². The van der Waals surface area contributed by atoms with Crippen LogP contribution in [-0.2, 0) is 5.33 Å². The predicted molar refractivity (Wildman–Crippen MR) is 50.0 cm³/mol. The van der Waals surface area contributed by atoms with Gasteiger partial charge in [0.15, 0.2) is 5.75 Å². The Labute approximate surface area is 87.9 Å². The predicted octanol–water partition coefficient (Wildman–Crippen LogP) is 2.63. The van der Waals surface area contributed by atoms with Gasteiger partial charge in [-0.05, 0) is 6.07 Å². The van der Waals surface area contributed by atoms with Gasteiger partial charge in [0, 0.05) is 10.9 Å². The number of rotatable bonds is 3. The second-order valence-electron chi connectivity index (χ2n) is 2.49. The molecule has 78 valence electrons. The van der Waals surface area contributed by atoms with Gasteiger partial charge in [-0.25, -0.2) is 13.8 Å². The fourth-order valence-corrected chi connectivity index (χ4v) is 1.43. The van der Waals surface area contributed by atoms with Crippen molar-refractivity contribution in [1.82, 2.24) is 4.98 Å². The minimum absolute atomic E-state index is 0.0520. The molecular formula is C8H8BrF2NO2. The Hall–Kier alpha value is -0.910. The van der Waals surface area contributed by atoms with E-state index in [1.54, 1.807) is 0 Å². The summed E-state index contributed by atoms with van der Waals surface area (Å²) in [6, 6.07) is 0.965. The van der Waals surface area contributed by atoms with Crippen LogP contribution in [0.4, 0.5) is 8.78 Å². The summed E-state index contributed by atoms with van der Waals surface area (Å²) in [7, 11) is 1.31. The van der Waals surface area contributed by atoms with Gasteiger partial charge in [0.1, 0.15) is 0 Å². The third kappa shape index (κ3) is 2.12. The molecule has 0 aromatic carbocycles. The van der Waals surface area contributed by atoms with E-state index in [2.05, 4.69) is 20.9 Å². The lowest BCUT2D eigenvalue weighted by Crippen LogP contribution is -1.99. The average molecular weight is 268 g/mol. The molecule has 0 atom stereocenters. The summed E-state index contributed by atoms with van der Waals surface area (Å²) in [6.45, 7) is 0. The van der Waals surface area contributed by atoms with Crippen LogP contribution in [0.3, 0.4) is 0 Å². The smallest absolute Gasteiger partial charge is 0.265 e. The summed E-state index contributed by atoms with van der Waals surface area (Å²) in [4.78, 5) is 3.73. The van der Waals surface area contributed by atoms with Crippen molar-refractivity contribution in [1.29, 1.82) is 0 Å². The van der Waals surface area contributed by atoms with Crippen molar-refractivity contribution in [2.75, 3.05) is 7.11 Å². The molecular weight excluding hydrogens is 260 g/mol. The van der Waals surface area contributed by atoms with Gasteiger partial charge in [-0.2, -0.15) is 0 Å². The third-order valence-electron chi connectivity index (χ3n) is 1.64. The Balaban J connectivity index is 3.24. The van der Waals surface area contributed by atoms with E-state index in [0.717, 1.165) is 6.07 Å². The molecule has 0 spiro atoms. The highest BCUT2D eigenvalue weighted by atomic mass is 79.9. The molecule has 0 bridgehead atoms. The van der Waals surface area contributed by atoms with Gasteiger partial charge in [0.2, 0.25) is 0 Å². The molecule has 1 aromatic heterocycles. The van der Waals surface area contributed by atoms with E-state index in [0.29, 0.717) is 0 Å². The SMILES string of the molecule is COc1nc(CBr)c(C(F)F)cc1O. The number of nitrogens with zero attached hydrogens (tertiary/aromatic N) is 1. The average Bonchev–Trinajstić information content (AvgIpc) is 2.17. The normalized spacial score (nSPS) is 10.6. The first kappa shape index (κ1) is 11.2. The first-order valence-corrected chi connectivity index (χ1v) is 4.83. The first-order chi connectivity index (χ1) is 6.60. The van der Waals surface area contributed by atoms with Gasteiger partial charge < -0.3 is 9.84 Å². The molecule has 0 amide bonds. The summed E-state index contributed by atoms with van der Waals surface area (Å²) < 4.78 is 29.5. The van der Waals surface area contributed by atoms with Crippen LogP contribution in [0, 0.1) is 0 Å². The van der Waals surface area contributed by atoms with Crippen LogP contribution in [0.15, 0.2) is 6.07 Å². The van der Waals surface area contributed by atoms with Gasteiger partial charge in [0.25, 0.3) is 12.3 Å². The molecule has 6 heteroatoms. The van der Waals surface area contributed by atoms with E-state index in [1.807, 2.05) is 0 Å². The Morgan fingerprint density at radius 3 is 2.71 bits per heavy atom. The van der Waals surface area contributed by atoms with Crippen LogP contribution in [-0.4, -0.2) is 17.2 Å². The number of aromatic nitrogens is 1. The number of alkyl halides is 3. The van der Waals surface area contributed by atoms with Crippen molar-refractivity contribution in [3.8, 4) is 11.6 Å². The highest BCUT2D eigenvalue weighted by Gasteiger charge is 2.17. The molecule has 0 aliphatic heterocycles. The lowest BCUT2D eigenvalue weighted by Gasteiger charge is -2.09. The van der Waals surface area contributed by atoms with E-state index in [9.17, 15) is 13.9 Å². The third-order valence-corrected chi connectivity index (χ3v) is 2.17. The molecule has 1 aromatic rings. The zero-order valence-corrected chi connectivity index (χ0v) is 8.88. The Bertz CT molecular complexity index is 333. The number of methoxy groups -OCH3 is 1. The zero-order chi connectivity index (χ0) is 10.7. The molecule has 0 radical (unpaired) electrons. The van der Waals surface area contributed by atoms with Crippen molar-refractivity contribution >= 4 is 15.9 Å². The molecule has 3 nitrogen and oxygen atoms in total. The summed E-state index contributed by atoms with van der Waals surface area (Å²) in [5, 5.41) is 9.41. The van der Waals surface area contributed by atoms with Crippen molar-refractivity contribution < 1.29 is 18.6 Å². The highest BCUT2D eigenvalue weighted by molar-refractivity contribution is 9.08. The molecule has 0 unspecified atom stereocenters. The van der Waals surface area contributed by atoms with E-state index in [4.69, 9.17) is 4.74 Å². The standard InChI is InChI=1S/C8H8BrF2NO2/c1-14-8-6(13)2-4(7(10)11)5(3-9)12-8/h2,7,13H,3H2,1H3. The summed E-state index contributed by atoms with van der Waals surface area (Å²) in [6.07, 6.45) is -2.66. The molecule has 1 rings (SSSR count). The molecule has 0 saturated heterocycles. The number of aromatic hydroxyl groups is 1. The zero-order valence-electron chi connectivity index (χ0n) is 7.30. The minimum atomic E-state index is -2.66. The van der Waals surface area contributed by atoms with Gasteiger partial charge in [-0.1, -0.05) is 15.9 Å². The maximum Gasteiger partial charge on any atom is 0.265 e. The van der Waals surface area contributed by atoms with Crippen LogP contribution in [0.5, 0.6) is 11.6 Å². The van der Waals surface area contributed by atoms with Gasteiger partial charge in [-0.15, -0.1) is 0 Å². The lowest BCUT2D eigenvalue weighted by atomic mass is 10.2.